The molecular formula is C19H28N2O3. The SMILES string of the molecule is COc1ccc2c(c1)OC(C)(C)C[C@@H]2NC(=O)NC1CCCCC1. The van der Waals surface area contributed by atoms with E-state index in [0.29, 0.717) is 6.04 Å². The van der Waals surface area contributed by atoms with Crippen molar-refractivity contribution in [2.75, 3.05) is 7.11 Å². The molecule has 1 aliphatic carbocycles. The van der Waals surface area contributed by atoms with Crippen molar-refractivity contribution in [3.63, 3.8) is 0 Å². The lowest BCUT2D eigenvalue weighted by Gasteiger charge is -2.38. The zero-order chi connectivity index (χ0) is 17.2. The third-order valence-electron chi connectivity index (χ3n) is 4.92. The fourth-order valence-corrected chi connectivity index (χ4v) is 3.72. The van der Waals surface area contributed by atoms with Gasteiger partial charge in [-0.1, -0.05) is 19.3 Å². The van der Waals surface area contributed by atoms with Gasteiger partial charge >= 0.3 is 6.03 Å². The first kappa shape index (κ1) is 16.9. The van der Waals surface area contributed by atoms with Crippen molar-refractivity contribution in [2.24, 2.45) is 0 Å². The highest BCUT2D eigenvalue weighted by Gasteiger charge is 2.35. The first-order valence-corrected chi connectivity index (χ1v) is 8.91. The van der Waals surface area contributed by atoms with Crippen LogP contribution in [0, 0.1) is 0 Å². The second-order valence-electron chi connectivity index (χ2n) is 7.47. The van der Waals surface area contributed by atoms with Crippen molar-refractivity contribution in [3.05, 3.63) is 23.8 Å². The summed E-state index contributed by atoms with van der Waals surface area (Å²) in [6, 6.07) is 5.96. The van der Waals surface area contributed by atoms with E-state index >= 15 is 0 Å². The molecule has 1 aromatic rings. The molecule has 24 heavy (non-hydrogen) atoms. The molecule has 2 N–H and O–H groups in total. The molecule has 0 unspecified atom stereocenters. The number of hydrogen-bond acceptors (Lipinski definition) is 3. The van der Waals surface area contributed by atoms with Gasteiger partial charge in [-0.05, 0) is 38.8 Å². The van der Waals surface area contributed by atoms with Crippen LogP contribution in [-0.4, -0.2) is 24.8 Å². The molecule has 132 valence electrons. The number of hydrogen-bond donors (Lipinski definition) is 2. The highest BCUT2D eigenvalue weighted by Crippen LogP contribution is 2.41. The minimum absolute atomic E-state index is 0.0572. The molecule has 0 saturated heterocycles. The molecule has 0 bridgehead atoms. The van der Waals surface area contributed by atoms with Crippen molar-refractivity contribution in [1.29, 1.82) is 0 Å². The largest absolute Gasteiger partial charge is 0.497 e. The summed E-state index contributed by atoms with van der Waals surface area (Å²) in [5, 5.41) is 6.28. The van der Waals surface area contributed by atoms with Crippen LogP contribution in [0.3, 0.4) is 0 Å². The van der Waals surface area contributed by atoms with E-state index < -0.39 is 0 Å². The second-order valence-corrected chi connectivity index (χ2v) is 7.47. The lowest BCUT2D eigenvalue weighted by Crippen LogP contribution is -2.47. The van der Waals surface area contributed by atoms with Gasteiger partial charge in [-0.25, -0.2) is 4.79 Å². The Hall–Kier alpha value is -1.91. The van der Waals surface area contributed by atoms with Crippen LogP contribution < -0.4 is 20.1 Å². The van der Waals surface area contributed by atoms with Gasteiger partial charge in [0.05, 0.1) is 13.2 Å². The number of amides is 2. The van der Waals surface area contributed by atoms with Crippen molar-refractivity contribution in [1.82, 2.24) is 10.6 Å². The lowest BCUT2D eigenvalue weighted by atomic mass is 9.89. The topological polar surface area (TPSA) is 59.6 Å². The summed E-state index contributed by atoms with van der Waals surface area (Å²) in [4.78, 5) is 12.4. The molecule has 5 nitrogen and oxygen atoms in total. The summed E-state index contributed by atoms with van der Waals surface area (Å²) in [5.74, 6) is 1.55. The Morgan fingerprint density at radius 2 is 1.96 bits per heavy atom. The molecule has 2 amide bonds. The molecule has 1 aromatic carbocycles. The summed E-state index contributed by atoms with van der Waals surface area (Å²) >= 11 is 0. The van der Waals surface area contributed by atoms with Crippen LogP contribution in [0.2, 0.25) is 0 Å². The summed E-state index contributed by atoms with van der Waals surface area (Å²) in [6.45, 7) is 4.09. The average Bonchev–Trinajstić information content (AvgIpc) is 2.54. The van der Waals surface area contributed by atoms with Gasteiger partial charge in [-0.15, -0.1) is 0 Å². The number of nitrogens with one attached hydrogen (secondary N) is 2. The third kappa shape index (κ3) is 3.94. The maximum Gasteiger partial charge on any atom is 0.315 e. The Balaban J connectivity index is 1.71. The van der Waals surface area contributed by atoms with Gasteiger partial charge in [0, 0.05) is 24.1 Å². The Morgan fingerprint density at radius 1 is 1.21 bits per heavy atom. The normalized spacial score (nSPS) is 22.9. The maximum absolute atomic E-state index is 12.4. The zero-order valence-corrected chi connectivity index (χ0v) is 14.9. The average molecular weight is 332 g/mol. The lowest BCUT2D eigenvalue weighted by molar-refractivity contribution is 0.0674. The van der Waals surface area contributed by atoms with Gasteiger partial charge in [0.1, 0.15) is 17.1 Å². The molecule has 0 spiro atoms. The quantitative estimate of drug-likeness (QED) is 0.882. The van der Waals surface area contributed by atoms with Crippen LogP contribution in [0.1, 0.15) is 64.0 Å². The summed E-state index contributed by atoms with van der Waals surface area (Å²) in [7, 11) is 1.64. The zero-order valence-electron chi connectivity index (χ0n) is 14.9. The fourth-order valence-electron chi connectivity index (χ4n) is 3.72. The monoisotopic (exact) mass is 332 g/mol. The van der Waals surface area contributed by atoms with Crippen LogP contribution in [0.25, 0.3) is 0 Å². The van der Waals surface area contributed by atoms with Crippen molar-refractivity contribution in [3.8, 4) is 11.5 Å². The molecule has 0 radical (unpaired) electrons. The molecule has 2 aliphatic rings. The minimum atomic E-state index is -0.331. The molecular weight excluding hydrogens is 304 g/mol. The van der Waals surface area contributed by atoms with Crippen molar-refractivity contribution < 1.29 is 14.3 Å². The number of benzene rings is 1. The predicted molar refractivity (Wildman–Crippen MR) is 93.6 cm³/mol. The van der Waals surface area contributed by atoms with Crippen LogP contribution in [-0.2, 0) is 0 Å². The summed E-state index contributed by atoms with van der Waals surface area (Å²) in [6.07, 6.45) is 6.60. The number of carbonyl (C=O) groups is 1. The minimum Gasteiger partial charge on any atom is -0.497 e. The molecule has 5 heteroatoms. The molecule has 0 aromatic heterocycles. The van der Waals surface area contributed by atoms with Crippen LogP contribution in [0.4, 0.5) is 4.79 Å². The Bertz CT molecular complexity index is 594. The number of urea groups is 1. The van der Waals surface area contributed by atoms with Crippen molar-refractivity contribution in [2.45, 2.75) is 70.1 Å². The van der Waals surface area contributed by atoms with E-state index in [1.54, 1.807) is 7.11 Å². The van der Waals surface area contributed by atoms with Gasteiger partial charge in [0.15, 0.2) is 0 Å². The van der Waals surface area contributed by atoms with E-state index in [-0.39, 0.29) is 17.7 Å². The number of carbonyl (C=O) groups excluding carboxylic acids is 1. The molecule has 3 rings (SSSR count). The first-order valence-electron chi connectivity index (χ1n) is 8.91. The highest BCUT2D eigenvalue weighted by atomic mass is 16.5. The van der Waals surface area contributed by atoms with Crippen LogP contribution in [0.5, 0.6) is 11.5 Å². The Labute approximate surface area is 144 Å². The Morgan fingerprint density at radius 3 is 2.67 bits per heavy atom. The second kappa shape index (κ2) is 6.91. The molecule has 1 saturated carbocycles. The number of ether oxygens (including phenoxy) is 2. The van der Waals surface area contributed by atoms with E-state index in [1.165, 1.54) is 19.3 Å². The summed E-state index contributed by atoms with van der Waals surface area (Å²) < 4.78 is 11.4. The van der Waals surface area contributed by atoms with Gasteiger partial charge < -0.3 is 20.1 Å². The third-order valence-corrected chi connectivity index (χ3v) is 4.92. The number of methoxy groups -OCH3 is 1. The molecule has 1 fully saturated rings. The van der Waals surface area contributed by atoms with E-state index in [4.69, 9.17) is 9.47 Å². The van der Waals surface area contributed by atoms with E-state index in [1.807, 2.05) is 32.0 Å². The van der Waals surface area contributed by atoms with Gasteiger partial charge in [0.2, 0.25) is 0 Å². The highest BCUT2D eigenvalue weighted by molar-refractivity contribution is 5.75. The molecule has 1 atom stereocenters. The van der Waals surface area contributed by atoms with E-state index in [2.05, 4.69) is 10.6 Å². The summed E-state index contributed by atoms with van der Waals surface area (Å²) in [5.41, 5.74) is 0.677. The predicted octanol–water partition coefficient (Wildman–Crippen LogP) is 3.93. The van der Waals surface area contributed by atoms with Gasteiger partial charge in [0.25, 0.3) is 0 Å². The van der Waals surface area contributed by atoms with Crippen LogP contribution >= 0.6 is 0 Å². The van der Waals surface area contributed by atoms with Crippen LogP contribution in [0.15, 0.2) is 18.2 Å². The van der Waals surface area contributed by atoms with E-state index in [9.17, 15) is 4.79 Å². The van der Waals surface area contributed by atoms with Gasteiger partial charge in [-0.3, -0.25) is 0 Å². The van der Waals surface area contributed by atoms with Gasteiger partial charge in [-0.2, -0.15) is 0 Å². The molecule has 1 heterocycles. The Kier molecular flexibility index (Phi) is 4.88. The standard InChI is InChI=1S/C19H28N2O3/c1-19(2)12-16(15-10-9-14(23-3)11-17(15)24-19)21-18(22)20-13-7-5-4-6-8-13/h9-11,13,16H,4-8,12H2,1-3H3,(H2,20,21,22)/t16-/m0/s1. The smallest absolute Gasteiger partial charge is 0.315 e. The first-order chi connectivity index (χ1) is 11.5. The maximum atomic E-state index is 12.4. The fraction of sp³-hybridized carbons (Fsp3) is 0.632. The number of fused-ring (bicyclic) bond motifs is 1. The number of rotatable bonds is 3. The van der Waals surface area contributed by atoms with E-state index in [0.717, 1.165) is 36.3 Å². The molecule has 1 aliphatic heterocycles. The van der Waals surface area contributed by atoms with Crippen molar-refractivity contribution >= 4 is 6.03 Å².